The first-order valence-corrected chi connectivity index (χ1v) is 9.96. The Kier molecular flexibility index (Phi) is 5.73. The van der Waals surface area contributed by atoms with Crippen LogP contribution in [0.1, 0.15) is 51.0 Å². The molecule has 1 fully saturated rings. The van der Waals surface area contributed by atoms with Crippen LogP contribution in [-0.4, -0.2) is 24.8 Å². The fraction of sp³-hybridized carbons (Fsp3) is 0.647. The zero-order valence-electron chi connectivity index (χ0n) is 12.8. The summed E-state index contributed by atoms with van der Waals surface area (Å²) in [4.78, 5) is 0. The van der Waals surface area contributed by atoms with Crippen molar-refractivity contribution in [3.63, 3.8) is 0 Å². The lowest BCUT2D eigenvalue weighted by Crippen LogP contribution is -2.28. The summed E-state index contributed by atoms with van der Waals surface area (Å²) in [5.74, 6) is 1.09. The largest absolute Gasteiger partial charge is 0.229 e. The molecule has 2 rings (SSSR count). The molecule has 21 heavy (non-hydrogen) atoms. The van der Waals surface area contributed by atoms with Gasteiger partial charge in [0.05, 0.1) is 11.0 Å². The molecular formula is C17H25ClO2S. The van der Waals surface area contributed by atoms with Crippen molar-refractivity contribution >= 4 is 21.4 Å². The van der Waals surface area contributed by atoms with Gasteiger partial charge >= 0.3 is 0 Å². The van der Waals surface area contributed by atoms with Crippen LogP contribution in [0.25, 0.3) is 0 Å². The maximum Gasteiger partial charge on any atom is 0.152 e. The monoisotopic (exact) mass is 328 g/mol. The van der Waals surface area contributed by atoms with E-state index in [1.807, 2.05) is 6.07 Å². The molecule has 1 saturated carbocycles. The molecule has 1 aliphatic rings. The molecule has 1 aromatic rings. The van der Waals surface area contributed by atoms with Crippen molar-refractivity contribution in [3.8, 4) is 0 Å². The van der Waals surface area contributed by atoms with Crippen LogP contribution in [0.3, 0.4) is 0 Å². The van der Waals surface area contributed by atoms with E-state index in [0.717, 1.165) is 19.3 Å². The van der Waals surface area contributed by atoms with Gasteiger partial charge in [-0.15, -0.1) is 11.6 Å². The lowest BCUT2D eigenvalue weighted by atomic mass is 9.77. The van der Waals surface area contributed by atoms with E-state index in [1.165, 1.54) is 5.56 Å². The van der Waals surface area contributed by atoms with Gasteiger partial charge in [-0.2, -0.15) is 0 Å². The van der Waals surface area contributed by atoms with Gasteiger partial charge in [0.2, 0.25) is 0 Å². The Balaban J connectivity index is 1.99. The van der Waals surface area contributed by atoms with Crippen molar-refractivity contribution in [3.05, 3.63) is 35.9 Å². The topological polar surface area (TPSA) is 34.1 Å². The lowest BCUT2D eigenvalue weighted by Gasteiger charge is -2.33. The molecule has 3 atom stereocenters. The van der Waals surface area contributed by atoms with Crippen LogP contribution < -0.4 is 0 Å². The molecule has 0 N–H and O–H groups in total. The number of hydrogen-bond acceptors (Lipinski definition) is 2. The Morgan fingerprint density at radius 1 is 1.19 bits per heavy atom. The van der Waals surface area contributed by atoms with Crippen LogP contribution >= 0.6 is 11.6 Å². The minimum atomic E-state index is -2.96. The SMILES string of the molecule is CC(C)S(=O)(=O)CCC1CC(c2ccccc2)CCC1Cl. The van der Waals surface area contributed by atoms with Crippen molar-refractivity contribution in [2.75, 3.05) is 5.75 Å². The van der Waals surface area contributed by atoms with Crippen molar-refractivity contribution in [1.29, 1.82) is 0 Å². The van der Waals surface area contributed by atoms with Crippen LogP contribution in [-0.2, 0) is 9.84 Å². The molecular weight excluding hydrogens is 304 g/mol. The molecule has 2 nitrogen and oxygen atoms in total. The van der Waals surface area contributed by atoms with Crippen molar-refractivity contribution in [1.82, 2.24) is 0 Å². The molecule has 118 valence electrons. The van der Waals surface area contributed by atoms with Crippen LogP contribution in [0.4, 0.5) is 0 Å². The summed E-state index contributed by atoms with van der Waals surface area (Å²) in [6.07, 6.45) is 3.78. The van der Waals surface area contributed by atoms with E-state index >= 15 is 0 Å². The standard InChI is InChI=1S/C17H25ClO2S/c1-13(2)21(19,20)11-10-16-12-15(8-9-17(16)18)14-6-4-3-5-7-14/h3-7,13,15-17H,8-12H2,1-2H3. The highest BCUT2D eigenvalue weighted by atomic mass is 35.5. The van der Waals surface area contributed by atoms with E-state index < -0.39 is 9.84 Å². The molecule has 0 aliphatic heterocycles. The molecule has 1 aliphatic carbocycles. The summed E-state index contributed by atoms with van der Waals surface area (Å²) < 4.78 is 24.0. The van der Waals surface area contributed by atoms with Crippen molar-refractivity contribution in [2.24, 2.45) is 5.92 Å². The third-order valence-corrected chi connectivity index (χ3v) is 7.47. The first-order valence-electron chi connectivity index (χ1n) is 7.80. The van der Waals surface area contributed by atoms with Gasteiger partial charge in [0.15, 0.2) is 9.84 Å². The maximum absolute atomic E-state index is 12.0. The second kappa shape index (κ2) is 7.15. The summed E-state index contributed by atoms with van der Waals surface area (Å²) >= 11 is 6.45. The summed E-state index contributed by atoms with van der Waals surface area (Å²) in [5, 5.41) is -0.174. The average molecular weight is 329 g/mol. The number of rotatable bonds is 5. The molecule has 0 amide bonds. The second-order valence-electron chi connectivity index (χ2n) is 6.40. The maximum atomic E-state index is 12.0. The predicted octanol–water partition coefficient (Wildman–Crippen LogP) is 4.39. The molecule has 0 spiro atoms. The lowest BCUT2D eigenvalue weighted by molar-refractivity contribution is 0.321. The molecule has 1 aromatic carbocycles. The van der Waals surface area contributed by atoms with Crippen LogP contribution in [0, 0.1) is 5.92 Å². The number of alkyl halides is 1. The highest BCUT2D eigenvalue weighted by Crippen LogP contribution is 2.40. The van der Waals surface area contributed by atoms with E-state index in [-0.39, 0.29) is 16.4 Å². The number of sulfone groups is 1. The van der Waals surface area contributed by atoms with Crippen LogP contribution in [0.2, 0.25) is 0 Å². The first-order chi connectivity index (χ1) is 9.90. The highest BCUT2D eigenvalue weighted by molar-refractivity contribution is 7.91. The Morgan fingerprint density at radius 2 is 1.86 bits per heavy atom. The van der Waals surface area contributed by atoms with E-state index in [4.69, 9.17) is 11.6 Å². The average Bonchev–Trinajstić information content (AvgIpc) is 2.47. The normalized spacial score (nSPS) is 27.0. The third kappa shape index (κ3) is 4.46. The van der Waals surface area contributed by atoms with E-state index in [1.54, 1.807) is 13.8 Å². The molecule has 0 saturated heterocycles. The molecule has 0 heterocycles. The number of benzene rings is 1. The van der Waals surface area contributed by atoms with Gasteiger partial charge in [0.25, 0.3) is 0 Å². The van der Waals surface area contributed by atoms with E-state index in [2.05, 4.69) is 24.3 Å². The Labute approximate surface area is 133 Å². The van der Waals surface area contributed by atoms with Gasteiger partial charge in [-0.1, -0.05) is 30.3 Å². The van der Waals surface area contributed by atoms with Gasteiger partial charge in [-0.3, -0.25) is 0 Å². The first kappa shape index (κ1) is 16.8. The minimum Gasteiger partial charge on any atom is -0.229 e. The van der Waals surface area contributed by atoms with Crippen molar-refractivity contribution in [2.45, 2.75) is 56.1 Å². The van der Waals surface area contributed by atoms with Gasteiger partial charge < -0.3 is 0 Å². The number of hydrogen-bond donors (Lipinski definition) is 0. The molecule has 4 heteroatoms. The third-order valence-electron chi connectivity index (χ3n) is 4.65. The van der Waals surface area contributed by atoms with E-state index in [9.17, 15) is 8.42 Å². The minimum absolute atomic E-state index is 0.118. The summed E-state index contributed by atoms with van der Waals surface area (Å²) in [6, 6.07) is 10.5. The summed E-state index contributed by atoms with van der Waals surface area (Å²) in [7, 11) is -2.96. The zero-order valence-corrected chi connectivity index (χ0v) is 14.4. The van der Waals surface area contributed by atoms with Gasteiger partial charge in [-0.25, -0.2) is 8.42 Å². The van der Waals surface area contributed by atoms with Crippen molar-refractivity contribution < 1.29 is 8.42 Å². The smallest absolute Gasteiger partial charge is 0.152 e. The molecule has 0 radical (unpaired) electrons. The van der Waals surface area contributed by atoms with Gasteiger partial charge in [0, 0.05) is 5.38 Å². The number of halogens is 1. The summed E-state index contributed by atoms with van der Waals surface area (Å²) in [6.45, 7) is 3.50. The fourth-order valence-electron chi connectivity index (χ4n) is 3.11. The molecule has 0 aromatic heterocycles. The fourth-order valence-corrected chi connectivity index (χ4v) is 4.56. The van der Waals surface area contributed by atoms with Gasteiger partial charge in [-0.05, 0) is 56.9 Å². The zero-order chi connectivity index (χ0) is 15.5. The Bertz CT molecular complexity index is 539. The quantitative estimate of drug-likeness (QED) is 0.751. The second-order valence-corrected chi connectivity index (χ2v) is 9.64. The molecule has 0 bridgehead atoms. The summed E-state index contributed by atoms with van der Waals surface area (Å²) in [5.41, 5.74) is 1.36. The Morgan fingerprint density at radius 3 is 2.48 bits per heavy atom. The Hall–Kier alpha value is -0.540. The van der Waals surface area contributed by atoms with Gasteiger partial charge in [0.1, 0.15) is 0 Å². The van der Waals surface area contributed by atoms with E-state index in [0.29, 0.717) is 18.3 Å². The highest BCUT2D eigenvalue weighted by Gasteiger charge is 2.31. The molecule has 3 unspecified atom stereocenters. The predicted molar refractivity (Wildman–Crippen MR) is 89.7 cm³/mol. The van der Waals surface area contributed by atoms with Crippen LogP contribution in [0.15, 0.2) is 30.3 Å². The van der Waals surface area contributed by atoms with Crippen LogP contribution in [0.5, 0.6) is 0 Å².